The van der Waals surface area contributed by atoms with Crippen LogP contribution in [-0.2, 0) is 0 Å². The highest BCUT2D eigenvalue weighted by Gasteiger charge is 2.09. The second kappa shape index (κ2) is 7.56. The SMILES string of the molecule is Cl.OC1CCCCC(O)CNCC1. The van der Waals surface area contributed by atoms with Gasteiger partial charge in [0.1, 0.15) is 0 Å². The normalized spacial score (nSPS) is 31.8. The average molecular weight is 210 g/mol. The summed E-state index contributed by atoms with van der Waals surface area (Å²) in [6.07, 6.45) is 4.28. The van der Waals surface area contributed by atoms with Crippen LogP contribution < -0.4 is 5.32 Å². The lowest BCUT2D eigenvalue weighted by molar-refractivity contribution is 0.124. The summed E-state index contributed by atoms with van der Waals surface area (Å²) in [6.45, 7) is 1.49. The summed E-state index contributed by atoms with van der Waals surface area (Å²) in [7, 11) is 0. The maximum absolute atomic E-state index is 9.39. The molecular weight excluding hydrogens is 190 g/mol. The molecule has 0 aromatic rings. The van der Waals surface area contributed by atoms with Gasteiger partial charge in [0.2, 0.25) is 0 Å². The van der Waals surface area contributed by atoms with Gasteiger partial charge in [0.15, 0.2) is 0 Å². The number of nitrogens with one attached hydrogen (secondary N) is 1. The molecule has 0 aromatic carbocycles. The third-order valence-corrected chi connectivity index (χ3v) is 2.36. The minimum absolute atomic E-state index is 0. The molecule has 3 nitrogen and oxygen atoms in total. The molecule has 4 heteroatoms. The quantitative estimate of drug-likeness (QED) is 0.550. The van der Waals surface area contributed by atoms with Crippen LogP contribution in [0.15, 0.2) is 0 Å². The highest BCUT2D eigenvalue weighted by Crippen LogP contribution is 2.09. The van der Waals surface area contributed by atoms with Gasteiger partial charge in [0.05, 0.1) is 12.2 Å². The minimum Gasteiger partial charge on any atom is -0.393 e. The van der Waals surface area contributed by atoms with Crippen LogP contribution in [0.4, 0.5) is 0 Å². The van der Waals surface area contributed by atoms with E-state index in [1.165, 1.54) is 0 Å². The molecule has 3 N–H and O–H groups in total. The van der Waals surface area contributed by atoms with E-state index in [4.69, 9.17) is 0 Å². The molecule has 2 unspecified atom stereocenters. The van der Waals surface area contributed by atoms with Gasteiger partial charge in [-0.05, 0) is 25.8 Å². The number of hydrogen-bond donors (Lipinski definition) is 3. The Balaban J connectivity index is 0.00000144. The van der Waals surface area contributed by atoms with Gasteiger partial charge >= 0.3 is 0 Å². The Kier molecular flexibility index (Phi) is 7.66. The number of β-amino-alcohol motifs (C(OH)–C–C–N with tert-alkyl or cyclic N) is 1. The molecule has 1 heterocycles. The van der Waals surface area contributed by atoms with Crippen molar-refractivity contribution in [3.63, 3.8) is 0 Å². The molecule has 0 aliphatic carbocycles. The van der Waals surface area contributed by atoms with Gasteiger partial charge in [0, 0.05) is 6.54 Å². The topological polar surface area (TPSA) is 52.5 Å². The summed E-state index contributed by atoms with van der Waals surface area (Å²) in [5, 5.41) is 21.9. The Morgan fingerprint density at radius 2 is 1.54 bits per heavy atom. The van der Waals surface area contributed by atoms with E-state index < -0.39 is 0 Å². The number of hydrogen-bond acceptors (Lipinski definition) is 3. The molecule has 1 aliphatic heterocycles. The first kappa shape index (κ1) is 13.2. The lowest BCUT2D eigenvalue weighted by Gasteiger charge is -2.16. The predicted octanol–water partition coefficient (Wildman–Crippen LogP) is 0.684. The zero-order valence-corrected chi connectivity index (χ0v) is 8.72. The van der Waals surface area contributed by atoms with Gasteiger partial charge in [-0.3, -0.25) is 0 Å². The van der Waals surface area contributed by atoms with Crippen molar-refractivity contribution in [2.45, 2.75) is 44.3 Å². The highest BCUT2D eigenvalue weighted by molar-refractivity contribution is 5.85. The largest absolute Gasteiger partial charge is 0.393 e. The standard InChI is InChI=1S/C9H19NO2.ClH/c11-8-3-1-2-4-9(12)7-10-6-5-8;/h8-12H,1-7H2;1H. The van der Waals surface area contributed by atoms with Crippen LogP contribution in [0, 0.1) is 0 Å². The zero-order chi connectivity index (χ0) is 8.81. The zero-order valence-electron chi connectivity index (χ0n) is 7.91. The van der Waals surface area contributed by atoms with Crippen molar-refractivity contribution in [1.82, 2.24) is 5.32 Å². The monoisotopic (exact) mass is 209 g/mol. The van der Waals surface area contributed by atoms with Crippen molar-refractivity contribution in [1.29, 1.82) is 0 Å². The van der Waals surface area contributed by atoms with E-state index in [-0.39, 0.29) is 24.6 Å². The molecule has 0 saturated carbocycles. The van der Waals surface area contributed by atoms with Gasteiger partial charge < -0.3 is 15.5 Å². The fourth-order valence-electron chi connectivity index (χ4n) is 1.54. The smallest absolute Gasteiger partial charge is 0.0664 e. The van der Waals surface area contributed by atoms with E-state index in [1.807, 2.05) is 0 Å². The Hall–Kier alpha value is 0.170. The third kappa shape index (κ3) is 6.27. The molecule has 13 heavy (non-hydrogen) atoms. The summed E-state index contributed by atoms with van der Waals surface area (Å²) in [5.41, 5.74) is 0. The van der Waals surface area contributed by atoms with Crippen molar-refractivity contribution in [3.05, 3.63) is 0 Å². The molecule has 1 saturated heterocycles. The maximum Gasteiger partial charge on any atom is 0.0664 e. The Bertz CT molecular complexity index is 98.2. The van der Waals surface area contributed by atoms with E-state index in [2.05, 4.69) is 5.32 Å². The van der Waals surface area contributed by atoms with Gasteiger partial charge in [-0.2, -0.15) is 0 Å². The van der Waals surface area contributed by atoms with Crippen molar-refractivity contribution < 1.29 is 10.2 Å². The van der Waals surface area contributed by atoms with Crippen molar-refractivity contribution in [2.24, 2.45) is 0 Å². The molecule has 0 aromatic heterocycles. The molecule has 0 bridgehead atoms. The second-order valence-corrected chi connectivity index (χ2v) is 3.58. The fourth-order valence-corrected chi connectivity index (χ4v) is 1.54. The first-order valence-electron chi connectivity index (χ1n) is 4.86. The lowest BCUT2D eigenvalue weighted by atomic mass is 10.0. The van der Waals surface area contributed by atoms with E-state index in [0.717, 1.165) is 38.6 Å². The summed E-state index contributed by atoms with van der Waals surface area (Å²) >= 11 is 0. The predicted molar refractivity (Wildman–Crippen MR) is 55.2 cm³/mol. The molecule has 1 aliphatic rings. The summed E-state index contributed by atoms with van der Waals surface area (Å²) in [4.78, 5) is 0. The molecule has 0 spiro atoms. The van der Waals surface area contributed by atoms with E-state index in [0.29, 0.717) is 6.54 Å². The van der Waals surface area contributed by atoms with Crippen LogP contribution in [0.5, 0.6) is 0 Å². The number of halogens is 1. The maximum atomic E-state index is 9.39. The Morgan fingerprint density at radius 1 is 0.923 bits per heavy atom. The molecule has 1 rings (SSSR count). The summed E-state index contributed by atoms with van der Waals surface area (Å²) in [5.74, 6) is 0. The third-order valence-electron chi connectivity index (χ3n) is 2.36. The van der Waals surface area contributed by atoms with Crippen LogP contribution in [0.25, 0.3) is 0 Å². The molecular formula is C9H20ClNO2. The van der Waals surface area contributed by atoms with Gasteiger partial charge in [-0.15, -0.1) is 12.4 Å². The molecule has 1 fully saturated rings. The van der Waals surface area contributed by atoms with E-state index >= 15 is 0 Å². The van der Waals surface area contributed by atoms with Crippen LogP contribution in [0.3, 0.4) is 0 Å². The number of rotatable bonds is 0. The lowest BCUT2D eigenvalue weighted by Crippen LogP contribution is -2.30. The molecule has 0 amide bonds. The van der Waals surface area contributed by atoms with Crippen molar-refractivity contribution >= 4 is 12.4 Å². The average Bonchev–Trinajstić information content (AvgIpc) is 2.06. The Morgan fingerprint density at radius 3 is 2.23 bits per heavy atom. The Labute approximate surface area is 85.9 Å². The van der Waals surface area contributed by atoms with Gasteiger partial charge in [-0.25, -0.2) is 0 Å². The first-order valence-corrected chi connectivity index (χ1v) is 4.86. The number of aliphatic hydroxyl groups excluding tert-OH is 2. The van der Waals surface area contributed by atoms with Crippen LogP contribution in [0.1, 0.15) is 32.1 Å². The van der Waals surface area contributed by atoms with E-state index in [1.54, 1.807) is 0 Å². The van der Waals surface area contributed by atoms with Crippen LogP contribution >= 0.6 is 12.4 Å². The second-order valence-electron chi connectivity index (χ2n) is 3.58. The molecule has 0 radical (unpaired) electrons. The van der Waals surface area contributed by atoms with Crippen LogP contribution in [-0.4, -0.2) is 35.5 Å². The highest BCUT2D eigenvalue weighted by atomic mass is 35.5. The van der Waals surface area contributed by atoms with Gasteiger partial charge in [-0.1, -0.05) is 12.8 Å². The summed E-state index contributed by atoms with van der Waals surface area (Å²) in [6, 6.07) is 0. The van der Waals surface area contributed by atoms with Crippen molar-refractivity contribution in [2.75, 3.05) is 13.1 Å². The number of aliphatic hydroxyl groups is 2. The molecule has 80 valence electrons. The fraction of sp³-hybridized carbons (Fsp3) is 1.00. The van der Waals surface area contributed by atoms with E-state index in [9.17, 15) is 10.2 Å². The first-order chi connectivity index (χ1) is 5.79. The summed E-state index contributed by atoms with van der Waals surface area (Å²) < 4.78 is 0. The van der Waals surface area contributed by atoms with Crippen LogP contribution in [0.2, 0.25) is 0 Å². The molecule has 2 atom stereocenters. The van der Waals surface area contributed by atoms with Crippen molar-refractivity contribution in [3.8, 4) is 0 Å². The van der Waals surface area contributed by atoms with Gasteiger partial charge in [0.25, 0.3) is 0 Å². The minimum atomic E-state index is -0.194.